The van der Waals surface area contributed by atoms with E-state index in [4.69, 9.17) is 4.74 Å². The third kappa shape index (κ3) is 2.51. The molecule has 1 aliphatic heterocycles. The number of halogens is 1. The molecule has 92 valence electrons. The molecule has 0 radical (unpaired) electrons. The summed E-state index contributed by atoms with van der Waals surface area (Å²) in [6.07, 6.45) is -1.35. The van der Waals surface area contributed by atoms with E-state index in [-0.39, 0.29) is 11.4 Å². The molecule has 0 saturated carbocycles. The summed E-state index contributed by atoms with van der Waals surface area (Å²) >= 11 is 0. The quantitative estimate of drug-likeness (QED) is 0.593. The molecule has 1 saturated heterocycles. The van der Waals surface area contributed by atoms with Gasteiger partial charge in [0.2, 0.25) is 0 Å². The molecule has 0 spiro atoms. The van der Waals surface area contributed by atoms with Gasteiger partial charge in [0.05, 0.1) is 4.92 Å². The maximum atomic E-state index is 13.0. The Morgan fingerprint density at radius 1 is 1.53 bits per heavy atom. The van der Waals surface area contributed by atoms with Crippen molar-refractivity contribution in [1.29, 1.82) is 0 Å². The minimum atomic E-state index is -0.752. The number of benzene rings is 1. The number of nitrogens with one attached hydrogen (secondary N) is 1. The first-order chi connectivity index (χ1) is 8.08. The van der Waals surface area contributed by atoms with Gasteiger partial charge in [-0.25, -0.2) is 4.39 Å². The van der Waals surface area contributed by atoms with E-state index in [1.54, 1.807) is 0 Å². The molecule has 1 aromatic carbocycles. The van der Waals surface area contributed by atoms with Crippen LogP contribution in [-0.2, 0) is 0 Å². The molecule has 1 fully saturated rings. The van der Waals surface area contributed by atoms with Crippen molar-refractivity contribution < 1.29 is 19.2 Å². The van der Waals surface area contributed by atoms with Crippen molar-refractivity contribution in [3.8, 4) is 5.75 Å². The minimum Gasteiger partial charge on any atom is -0.479 e. The molecule has 1 heterocycles. The first kappa shape index (κ1) is 11.7. The van der Waals surface area contributed by atoms with Crippen LogP contribution in [0.2, 0.25) is 0 Å². The highest BCUT2D eigenvalue weighted by atomic mass is 19.1. The Labute approximate surface area is 96.2 Å². The zero-order valence-electron chi connectivity index (χ0n) is 8.80. The van der Waals surface area contributed by atoms with Crippen molar-refractivity contribution >= 4 is 5.69 Å². The number of β-amino-alcohol motifs (C(OH)–C–C–N with tert-alkyl or cyclic N) is 1. The molecule has 0 bridgehead atoms. The standard InChI is InChI=1S/C10H11FN2O4/c11-6-1-2-7(13(15)16)9(3-6)17-10-5-12-4-8(10)14/h1-3,8,10,12,14H,4-5H2/t8-,10-/m1/s1. The lowest BCUT2D eigenvalue weighted by molar-refractivity contribution is -0.386. The summed E-state index contributed by atoms with van der Waals surface area (Å²) in [6, 6.07) is 2.98. The van der Waals surface area contributed by atoms with Crippen molar-refractivity contribution in [3.63, 3.8) is 0 Å². The van der Waals surface area contributed by atoms with E-state index >= 15 is 0 Å². The summed E-state index contributed by atoms with van der Waals surface area (Å²) in [5.74, 6) is -0.784. The average molecular weight is 242 g/mol. The lowest BCUT2D eigenvalue weighted by Crippen LogP contribution is -2.30. The van der Waals surface area contributed by atoms with E-state index in [0.717, 1.165) is 18.2 Å². The Kier molecular flexibility index (Phi) is 3.21. The number of nitro groups is 1. The van der Waals surface area contributed by atoms with Gasteiger partial charge in [-0.15, -0.1) is 0 Å². The number of nitro benzene ring substituents is 1. The lowest BCUT2D eigenvalue weighted by Gasteiger charge is -2.15. The normalized spacial score (nSPS) is 23.6. The van der Waals surface area contributed by atoms with Crippen molar-refractivity contribution in [2.45, 2.75) is 12.2 Å². The zero-order valence-corrected chi connectivity index (χ0v) is 8.80. The number of hydrogen-bond donors (Lipinski definition) is 2. The maximum absolute atomic E-state index is 13.0. The van der Waals surface area contributed by atoms with E-state index in [2.05, 4.69) is 5.32 Å². The second-order valence-corrected chi connectivity index (χ2v) is 3.75. The van der Waals surface area contributed by atoms with Crippen molar-refractivity contribution in [2.24, 2.45) is 0 Å². The van der Waals surface area contributed by atoms with Crippen LogP contribution in [0.4, 0.5) is 10.1 Å². The first-order valence-electron chi connectivity index (χ1n) is 5.07. The number of aliphatic hydroxyl groups excluding tert-OH is 1. The van der Waals surface area contributed by atoms with Gasteiger partial charge in [0.15, 0.2) is 5.75 Å². The molecular formula is C10H11FN2O4. The molecule has 7 heteroatoms. The molecule has 2 atom stereocenters. The SMILES string of the molecule is O=[N+]([O-])c1ccc(F)cc1O[C@@H]1CNC[C@H]1O. The Balaban J connectivity index is 2.24. The second-order valence-electron chi connectivity index (χ2n) is 3.75. The van der Waals surface area contributed by atoms with E-state index in [0.29, 0.717) is 13.1 Å². The van der Waals surface area contributed by atoms with Gasteiger partial charge in [-0.05, 0) is 6.07 Å². The van der Waals surface area contributed by atoms with Crippen LogP contribution in [0.1, 0.15) is 0 Å². The zero-order chi connectivity index (χ0) is 12.4. The van der Waals surface area contributed by atoms with Crippen LogP contribution in [0.25, 0.3) is 0 Å². The number of hydrogen-bond acceptors (Lipinski definition) is 5. The maximum Gasteiger partial charge on any atom is 0.311 e. The van der Waals surface area contributed by atoms with Crippen LogP contribution in [0, 0.1) is 15.9 Å². The van der Waals surface area contributed by atoms with Crippen LogP contribution in [-0.4, -0.2) is 35.3 Å². The van der Waals surface area contributed by atoms with Gasteiger partial charge in [0, 0.05) is 25.2 Å². The Hall–Kier alpha value is -1.73. The summed E-state index contributed by atoms with van der Waals surface area (Å²) < 4.78 is 18.3. The van der Waals surface area contributed by atoms with E-state index < -0.39 is 22.9 Å². The van der Waals surface area contributed by atoms with Gasteiger partial charge >= 0.3 is 5.69 Å². The topological polar surface area (TPSA) is 84.6 Å². The monoisotopic (exact) mass is 242 g/mol. The van der Waals surface area contributed by atoms with E-state index in [9.17, 15) is 19.6 Å². The molecule has 0 aliphatic carbocycles. The fourth-order valence-electron chi connectivity index (χ4n) is 1.66. The minimum absolute atomic E-state index is 0.164. The molecule has 1 aliphatic rings. The third-order valence-electron chi connectivity index (χ3n) is 2.53. The van der Waals surface area contributed by atoms with Gasteiger partial charge in [-0.1, -0.05) is 0 Å². The van der Waals surface area contributed by atoms with E-state index in [1.807, 2.05) is 0 Å². The second kappa shape index (κ2) is 4.64. The molecule has 0 amide bonds. The smallest absolute Gasteiger partial charge is 0.311 e. The highest BCUT2D eigenvalue weighted by molar-refractivity contribution is 5.46. The number of ether oxygens (including phenoxy) is 1. The average Bonchev–Trinajstić information content (AvgIpc) is 2.64. The van der Waals surface area contributed by atoms with Crippen LogP contribution in [0.5, 0.6) is 5.75 Å². The number of aliphatic hydroxyl groups is 1. The summed E-state index contributed by atoms with van der Waals surface area (Å²) in [5, 5.41) is 23.1. The molecule has 2 rings (SSSR count). The highest BCUT2D eigenvalue weighted by Crippen LogP contribution is 2.29. The van der Waals surface area contributed by atoms with Crippen LogP contribution < -0.4 is 10.1 Å². The summed E-state index contributed by atoms with van der Waals surface area (Å²) in [7, 11) is 0. The molecule has 1 aromatic rings. The Morgan fingerprint density at radius 3 is 2.88 bits per heavy atom. The summed E-state index contributed by atoms with van der Waals surface area (Å²) in [6.45, 7) is 0.725. The van der Waals surface area contributed by atoms with Gasteiger partial charge in [0.25, 0.3) is 0 Å². The van der Waals surface area contributed by atoms with E-state index in [1.165, 1.54) is 0 Å². The molecular weight excluding hydrogens is 231 g/mol. The largest absolute Gasteiger partial charge is 0.479 e. The van der Waals surface area contributed by atoms with Gasteiger partial charge in [0.1, 0.15) is 18.0 Å². The fourth-order valence-corrected chi connectivity index (χ4v) is 1.66. The predicted molar refractivity (Wildman–Crippen MR) is 56.3 cm³/mol. The molecule has 0 aromatic heterocycles. The van der Waals surface area contributed by atoms with Crippen LogP contribution in [0.3, 0.4) is 0 Å². The Morgan fingerprint density at radius 2 is 2.29 bits per heavy atom. The lowest BCUT2D eigenvalue weighted by atomic mass is 10.2. The van der Waals surface area contributed by atoms with Gasteiger partial charge in [-0.3, -0.25) is 10.1 Å². The Bertz CT molecular complexity index is 440. The first-order valence-corrected chi connectivity index (χ1v) is 5.07. The number of nitrogens with zero attached hydrogens (tertiary/aromatic N) is 1. The van der Waals surface area contributed by atoms with Crippen molar-refractivity contribution in [3.05, 3.63) is 34.1 Å². The summed E-state index contributed by atoms with van der Waals surface area (Å²) in [5.41, 5.74) is -0.314. The molecule has 6 nitrogen and oxygen atoms in total. The summed E-state index contributed by atoms with van der Waals surface area (Å²) in [4.78, 5) is 10.1. The van der Waals surface area contributed by atoms with Crippen LogP contribution >= 0.6 is 0 Å². The van der Waals surface area contributed by atoms with Crippen molar-refractivity contribution in [2.75, 3.05) is 13.1 Å². The van der Waals surface area contributed by atoms with Gasteiger partial charge in [-0.2, -0.15) is 0 Å². The number of rotatable bonds is 3. The third-order valence-corrected chi connectivity index (χ3v) is 2.53. The molecule has 2 N–H and O–H groups in total. The van der Waals surface area contributed by atoms with Crippen molar-refractivity contribution in [1.82, 2.24) is 5.32 Å². The van der Waals surface area contributed by atoms with Gasteiger partial charge < -0.3 is 15.2 Å². The highest BCUT2D eigenvalue weighted by Gasteiger charge is 2.29. The fraction of sp³-hybridized carbons (Fsp3) is 0.400. The molecule has 17 heavy (non-hydrogen) atoms. The predicted octanol–water partition coefficient (Wildman–Crippen LogP) is 0.445. The molecule has 0 unspecified atom stereocenters. The van der Waals surface area contributed by atoms with Crippen LogP contribution in [0.15, 0.2) is 18.2 Å².